The van der Waals surface area contributed by atoms with Crippen molar-refractivity contribution in [3.05, 3.63) is 52.8 Å². The number of aryl methyl sites for hydroxylation is 1. The van der Waals surface area contributed by atoms with E-state index in [1.807, 2.05) is 41.0 Å². The third-order valence-corrected chi connectivity index (χ3v) is 3.91. The van der Waals surface area contributed by atoms with Gasteiger partial charge in [-0.05, 0) is 30.2 Å². The van der Waals surface area contributed by atoms with Gasteiger partial charge in [-0.3, -0.25) is 4.79 Å². The van der Waals surface area contributed by atoms with Gasteiger partial charge in [-0.25, -0.2) is 9.97 Å². The molecule has 1 aliphatic rings. The van der Waals surface area contributed by atoms with E-state index >= 15 is 0 Å². The minimum Gasteiger partial charge on any atom is -0.335 e. The zero-order valence-corrected chi connectivity index (χ0v) is 13.1. The number of aromatic nitrogens is 2. The summed E-state index contributed by atoms with van der Waals surface area (Å²) in [4.78, 5) is 24.7. The van der Waals surface area contributed by atoms with Crippen molar-refractivity contribution in [2.75, 3.05) is 24.5 Å². The molecule has 6 heteroatoms. The molecule has 2 heterocycles. The van der Waals surface area contributed by atoms with Crippen LogP contribution >= 0.6 is 11.6 Å². The SMILES string of the molecule is Cc1cnc(N2CCN(Cc3ccc(Cl)cc3)C(=O)C2)nc1. The molecular formula is C16H17ClN4O. The standard InChI is InChI=1S/C16H17ClN4O/c1-12-8-18-16(19-9-12)21-7-6-20(15(22)11-21)10-13-2-4-14(17)5-3-13/h2-5,8-9H,6-7,10-11H2,1H3. The normalized spacial score (nSPS) is 15.3. The van der Waals surface area contributed by atoms with Crippen LogP contribution in [0.1, 0.15) is 11.1 Å². The molecule has 0 radical (unpaired) electrons. The number of benzene rings is 1. The lowest BCUT2D eigenvalue weighted by molar-refractivity contribution is -0.131. The van der Waals surface area contributed by atoms with E-state index in [9.17, 15) is 4.79 Å². The largest absolute Gasteiger partial charge is 0.335 e. The Kier molecular flexibility index (Phi) is 4.24. The second kappa shape index (κ2) is 6.32. The fourth-order valence-corrected chi connectivity index (χ4v) is 2.53. The van der Waals surface area contributed by atoms with Crippen LogP contribution in [-0.4, -0.2) is 40.4 Å². The maximum absolute atomic E-state index is 12.3. The molecule has 0 spiro atoms. The van der Waals surface area contributed by atoms with Gasteiger partial charge in [0.05, 0.1) is 0 Å². The van der Waals surface area contributed by atoms with Crippen LogP contribution in [-0.2, 0) is 11.3 Å². The summed E-state index contributed by atoms with van der Waals surface area (Å²) in [5.41, 5.74) is 2.09. The molecule has 1 aromatic heterocycles. The van der Waals surface area contributed by atoms with Crippen LogP contribution < -0.4 is 4.90 Å². The van der Waals surface area contributed by atoms with E-state index in [0.29, 0.717) is 30.6 Å². The van der Waals surface area contributed by atoms with Crippen molar-refractivity contribution in [1.29, 1.82) is 0 Å². The Bertz CT molecular complexity index is 657. The minimum absolute atomic E-state index is 0.0883. The minimum atomic E-state index is 0.0883. The Labute approximate surface area is 134 Å². The molecule has 5 nitrogen and oxygen atoms in total. The summed E-state index contributed by atoms with van der Waals surface area (Å²) in [6, 6.07) is 7.59. The number of halogens is 1. The fourth-order valence-electron chi connectivity index (χ4n) is 2.41. The summed E-state index contributed by atoms with van der Waals surface area (Å²) >= 11 is 5.88. The van der Waals surface area contributed by atoms with E-state index in [4.69, 9.17) is 11.6 Å². The third kappa shape index (κ3) is 3.36. The molecule has 0 aliphatic carbocycles. The van der Waals surface area contributed by atoms with E-state index < -0.39 is 0 Å². The molecule has 1 aromatic carbocycles. The zero-order valence-electron chi connectivity index (χ0n) is 12.4. The second-order valence-corrected chi connectivity index (χ2v) is 5.86. The molecule has 2 aromatic rings. The number of piperazine rings is 1. The fraction of sp³-hybridized carbons (Fsp3) is 0.312. The summed E-state index contributed by atoms with van der Waals surface area (Å²) in [5.74, 6) is 0.704. The van der Waals surface area contributed by atoms with Crippen molar-refractivity contribution in [1.82, 2.24) is 14.9 Å². The van der Waals surface area contributed by atoms with Gasteiger partial charge in [-0.1, -0.05) is 23.7 Å². The highest BCUT2D eigenvalue weighted by Crippen LogP contribution is 2.15. The van der Waals surface area contributed by atoms with Crippen LogP contribution in [0.25, 0.3) is 0 Å². The first-order chi connectivity index (χ1) is 10.6. The van der Waals surface area contributed by atoms with Crippen molar-refractivity contribution in [2.45, 2.75) is 13.5 Å². The van der Waals surface area contributed by atoms with Gasteiger partial charge in [0.15, 0.2) is 0 Å². The molecule has 0 unspecified atom stereocenters. The van der Waals surface area contributed by atoms with E-state index in [2.05, 4.69) is 9.97 Å². The van der Waals surface area contributed by atoms with Gasteiger partial charge in [-0.15, -0.1) is 0 Å². The van der Waals surface area contributed by atoms with Gasteiger partial charge < -0.3 is 9.80 Å². The van der Waals surface area contributed by atoms with Gasteiger partial charge in [0.25, 0.3) is 0 Å². The van der Waals surface area contributed by atoms with Gasteiger partial charge in [0.1, 0.15) is 6.54 Å². The zero-order chi connectivity index (χ0) is 15.5. The first-order valence-electron chi connectivity index (χ1n) is 7.17. The van der Waals surface area contributed by atoms with Crippen LogP contribution in [0.5, 0.6) is 0 Å². The average molecular weight is 317 g/mol. The molecular weight excluding hydrogens is 300 g/mol. The Hall–Kier alpha value is -2.14. The molecule has 22 heavy (non-hydrogen) atoms. The molecule has 0 atom stereocenters. The first kappa shape index (κ1) is 14.8. The Morgan fingerprint density at radius 2 is 1.82 bits per heavy atom. The highest BCUT2D eigenvalue weighted by Gasteiger charge is 2.25. The summed E-state index contributed by atoms with van der Waals surface area (Å²) < 4.78 is 0. The number of hydrogen-bond acceptors (Lipinski definition) is 4. The van der Waals surface area contributed by atoms with Crippen LogP contribution in [0.2, 0.25) is 5.02 Å². The molecule has 1 aliphatic heterocycles. The Morgan fingerprint density at radius 1 is 1.14 bits per heavy atom. The van der Waals surface area contributed by atoms with E-state index in [1.54, 1.807) is 12.4 Å². The number of carbonyl (C=O) groups is 1. The average Bonchev–Trinajstić information content (AvgIpc) is 2.52. The van der Waals surface area contributed by atoms with Gasteiger partial charge >= 0.3 is 0 Å². The number of amides is 1. The molecule has 1 amide bonds. The summed E-state index contributed by atoms with van der Waals surface area (Å²) in [6.07, 6.45) is 3.54. The molecule has 0 N–H and O–H groups in total. The highest BCUT2D eigenvalue weighted by atomic mass is 35.5. The second-order valence-electron chi connectivity index (χ2n) is 5.42. The van der Waals surface area contributed by atoms with Crippen molar-refractivity contribution in [2.24, 2.45) is 0 Å². The third-order valence-electron chi connectivity index (χ3n) is 3.66. The molecule has 114 valence electrons. The van der Waals surface area contributed by atoms with E-state index in [-0.39, 0.29) is 5.91 Å². The maximum Gasteiger partial charge on any atom is 0.242 e. The lowest BCUT2D eigenvalue weighted by atomic mass is 10.2. The van der Waals surface area contributed by atoms with Gasteiger partial charge in [-0.2, -0.15) is 0 Å². The monoisotopic (exact) mass is 316 g/mol. The van der Waals surface area contributed by atoms with Gasteiger partial charge in [0, 0.05) is 37.1 Å². The quantitative estimate of drug-likeness (QED) is 0.872. The number of rotatable bonds is 3. The number of nitrogens with zero attached hydrogens (tertiary/aromatic N) is 4. The van der Waals surface area contributed by atoms with Crippen molar-refractivity contribution >= 4 is 23.5 Å². The van der Waals surface area contributed by atoms with Crippen molar-refractivity contribution < 1.29 is 4.79 Å². The summed E-state index contributed by atoms with van der Waals surface area (Å²) in [6.45, 7) is 4.27. The molecule has 1 fully saturated rings. The number of hydrogen-bond donors (Lipinski definition) is 0. The van der Waals surface area contributed by atoms with Gasteiger partial charge in [0.2, 0.25) is 11.9 Å². The van der Waals surface area contributed by atoms with E-state index in [1.165, 1.54) is 0 Å². The Balaban J connectivity index is 1.63. The predicted molar refractivity (Wildman–Crippen MR) is 85.9 cm³/mol. The van der Waals surface area contributed by atoms with Crippen LogP contribution in [0, 0.1) is 6.92 Å². The first-order valence-corrected chi connectivity index (χ1v) is 7.55. The Morgan fingerprint density at radius 3 is 2.45 bits per heavy atom. The number of anilines is 1. The lowest BCUT2D eigenvalue weighted by Gasteiger charge is -2.34. The van der Waals surface area contributed by atoms with Crippen molar-refractivity contribution in [3.63, 3.8) is 0 Å². The molecule has 3 rings (SSSR count). The highest BCUT2D eigenvalue weighted by molar-refractivity contribution is 6.30. The maximum atomic E-state index is 12.3. The van der Waals surface area contributed by atoms with E-state index in [0.717, 1.165) is 17.7 Å². The van der Waals surface area contributed by atoms with Crippen LogP contribution in [0.4, 0.5) is 5.95 Å². The molecule has 0 bridgehead atoms. The smallest absolute Gasteiger partial charge is 0.242 e. The molecule has 0 saturated carbocycles. The summed E-state index contributed by atoms with van der Waals surface area (Å²) in [5, 5.41) is 0.705. The topological polar surface area (TPSA) is 49.3 Å². The van der Waals surface area contributed by atoms with Crippen LogP contribution in [0.15, 0.2) is 36.7 Å². The molecule has 1 saturated heterocycles. The number of carbonyl (C=O) groups excluding carboxylic acids is 1. The lowest BCUT2D eigenvalue weighted by Crippen LogP contribution is -2.50. The predicted octanol–water partition coefficient (Wildman–Crippen LogP) is 2.29. The van der Waals surface area contributed by atoms with Crippen molar-refractivity contribution in [3.8, 4) is 0 Å². The summed E-state index contributed by atoms with van der Waals surface area (Å²) in [7, 11) is 0. The van der Waals surface area contributed by atoms with Crippen LogP contribution in [0.3, 0.4) is 0 Å².